The van der Waals surface area contributed by atoms with Crippen molar-refractivity contribution in [2.75, 3.05) is 6.61 Å². The van der Waals surface area contributed by atoms with Crippen LogP contribution in [0.4, 0.5) is 0 Å². The summed E-state index contributed by atoms with van der Waals surface area (Å²) in [5, 5.41) is 9.81. The fourth-order valence-corrected chi connectivity index (χ4v) is 3.44. The molecule has 0 saturated heterocycles. The monoisotopic (exact) mass is 338 g/mol. The van der Waals surface area contributed by atoms with Crippen LogP contribution in [0.25, 0.3) is 0 Å². The smallest absolute Gasteiger partial charge is 0.0645 e. The fraction of sp³-hybridized carbons (Fsp3) is 0.700. The average Bonchev–Trinajstić information content (AvgIpc) is 2.41. The van der Waals surface area contributed by atoms with E-state index in [4.69, 9.17) is 4.18 Å². The first-order valence-corrected chi connectivity index (χ1v) is 9.46. The Kier molecular flexibility index (Phi) is 7.63. The lowest BCUT2D eigenvalue weighted by molar-refractivity contribution is 0.0582. The molecule has 0 amide bonds. The van der Waals surface area contributed by atoms with Gasteiger partial charge < -0.3 is 9.29 Å². The first kappa shape index (κ1) is 20.5. The molecule has 23 heavy (non-hydrogen) atoms. The number of hydrogen-bond acceptors (Lipinski definition) is 3. The maximum atomic E-state index is 9.81. The van der Waals surface area contributed by atoms with Crippen molar-refractivity contribution in [2.24, 2.45) is 0 Å². The standard InChI is InChI=1S/C20H34O2S/c1-13(2)16-11-17(14(3)4)19(18(12-16)15(5)6)23-22-10-9-20(7,8)21/h11-15,21H,9-10H2,1-8H3. The summed E-state index contributed by atoms with van der Waals surface area (Å²) in [7, 11) is 0. The van der Waals surface area contributed by atoms with Crippen molar-refractivity contribution >= 4 is 12.0 Å². The predicted octanol–water partition coefficient (Wildman–Crippen LogP) is 6.24. The van der Waals surface area contributed by atoms with Gasteiger partial charge in [0.15, 0.2) is 0 Å². The molecule has 1 aromatic rings. The molecule has 0 atom stereocenters. The molecule has 3 heteroatoms. The summed E-state index contributed by atoms with van der Waals surface area (Å²) in [4.78, 5) is 1.26. The van der Waals surface area contributed by atoms with Crippen molar-refractivity contribution in [3.05, 3.63) is 28.8 Å². The maximum absolute atomic E-state index is 9.81. The van der Waals surface area contributed by atoms with Gasteiger partial charge in [-0.25, -0.2) is 0 Å². The summed E-state index contributed by atoms with van der Waals surface area (Å²) in [6.45, 7) is 17.6. The van der Waals surface area contributed by atoms with Crippen molar-refractivity contribution in [1.82, 2.24) is 0 Å². The summed E-state index contributed by atoms with van der Waals surface area (Å²) in [6.07, 6.45) is 0.637. The third kappa shape index (κ3) is 6.48. The largest absolute Gasteiger partial charge is 0.390 e. The minimum Gasteiger partial charge on any atom is -0.390 e. The highest BCUT2D eigenvalue weighted by atomic mass is 32.2. The summed E-state index contributed by atoms with van der Waals surface area (Å²) in [5.41, 5.74) is 3.46. The molecule has 0 saturated carbocycles. The van der Waals surface area contributed by atoms with Crippen molar-refractivity contribution in [2.45, 2.75) is 90.1 Å². The van der Waals surface area contributed by atoms with Gasteiger partial charge in [0.25, 0.3) is 0 Å². The predicted molar refractivity (Wildman–Crippen MR) is 101 cm³/mol. The lowest BCUT2D eigenvalue weighted by Gasteiger charge is -2.22. The molecular weight excluding hydrogens is 304 g/mol. The molecule has 0 aliphatic carbocycles. The zero-order valence-electron chi connectivity index (χ0n) is 16.1. The number of rotatable bonds is 8. The van der Waals surface area contributed by atoms with E-state index in [1.54, 1.807) is 0 Å². The highest BCUT2D eigenvalue weighted by molar-refractivity contribution is 7.94. The third-order valence-corrected chi connectivity index (χ3v) is 4.94. The van der Waals surface area contributed by atoms with Gasteiger partial charge in [0.2, 0.25) is 0 Å². The second-order valence-corrected chi connectivity index (χ2v) is 8.77. The molecule has 0 aromatic heterocycles. The zero-order valence-corrected chi connectivity index (χ0v) is 16.9. The first-order chi connectivity index (χ1) is 10.5. The van der Waals surface area contributed by atoms with Crippen LogP contribution in [0.5, 0.6) is 0 Å². The Labute approximate surface area is 147 Å². The molecule has 0 fully saturated rings. The van der Waals surface area contributed by atoms with Crippen molar-refractivity contribution in [1.29, 1.82) is 0 Å². The highest BCUT2D eigenvalue weighted by Gasteiger charge is 2.19. The molecule has 2 nitrogen and oxygen atoms in total. The van der Waals surface area contributed by atoms with Crippen LogP contribution < -0.4 is 0 Å². The molecule has 0 aliphatic heterocycles. The Morgan fingerprint density at radius 2 is 1.43 bits per heavy atom. The van der Waals surface area contributed by atoms with E-state index in [-0.39, 0.29) is 0 Å². The second-order valence-electron chi connectivity index (χ2n) is 7.96. The number of aliphatic hydroxyl groups is 1. The van der Waals surface area contributed by atoms with Gasteiger partial charge in [0.05, 0.1) is 12.2 Å². The Hall–Kier alpha value is -0.510. The fourth-order valence-electron chi connectivity index (χ4n) is 2.38. The van der Waals surface area contributed by atoms with Crippen LogP contribution in [-0.4, -0.2) is 17.3 Å². The van der Waals surface area contributed by atoms with Crippen molar-refractivity contribution in [3.63, 3.8) is 0 Å². The average molecular weight is 339 g/mol. The van der Waals surface area contributed by atoms with Crippen molar-refractivity contribution < 1.29 is 9.29 Å². The maximum Gasteiger partial charge on any atom is 0.0645 e. The molecular formula is C20H34O2S. The summed E-state index contributed by atoms with van der Waals surface area (Å²) in [5.74, 6) is 1.46. The zero-order chi connectivity index (χ0) is 17.8. The normalized spacial score (nSPS) is 12.7. The van der Waals surface area contributed by atoms with E-state index < -0.39 is 5.60 Å². The van der Waals surface area contributed by atoms with Crippen molar-refractivity contribution in [3.8, 4) is 0 Å². The lowest BCUT2D eigenvalue weighted by Crippen LogP contribution is -2.20. The molecule has 0 unspecified atom stereocenters. The van der Waals surface area contributed by atoms with E-state index in [1.165, 1.54) is 33.6 Å². The van der Waals surface area contributed by atoms with Gasteiger partial charge in [-0.15, -0.1) is 0 Å². The Bertz CT molecular complexity index is 470. The van der Waals surface area contributed by atoms with Gasteiger partial charge in [0, 0.05) is 23.4 Å². The number of hydrogen-bond donors (Lipinski definition) is 1. The van der Waals surface area contributed by atoms with Gasteiger partial charge in [-0.05, 0) is 48.3 Å². The van der Waals surface area contributed by atoms with E-state index in [0.29, 0.717) is 30.8 Å². The van der Waals surface area contributed by atoms with Crippen LogP contribution in [-0.2, 0) is 4.18 Å². The second kappa shape index (κ2) is 8.55. The SMILES string of the molecule is CC(C)c1cc(C(C)C)c(SOCCC(C)(C)O)c(C(C)C)c1. The molecule has 0 heterocycles. The molecule has 1 N–H and O–H groups in total. The Morgan fingerprint density at radius 1 is 0.957 bits per heavy atom. The quantitative estimate of drug-likeness (QED) is 0.449. The molecule has 0 spiro atoms. The van der Waals surface area contributed by atoms with Gasteiger partial charge >= 0.3 is 0 Å². The van der Waals surface area contributed by atoms with Crippen LogP contribution in [0, 0.1) is 0 Å². The van der Waals surface area contributed by atoms with Crippen LogP contribution in [0.3, 0.4) is 0 Å². The Morgan fingerprint density at radius 3 is 1.78 bits per heavy atom. The van der Waals surface area contributed by atoms with Crippen LogP contribution in [0.15, 0.2) is 17.0 Å². The topological polar surface area (TPSA) is 29.5 Å². The molecule has 1 aromatic carbocycles. The van der Waals surface area contributed by atoms with Gasteiger partial charge in [-0.2, -0.15) is 0 Å². The molecule has 0 radical (unpaired) electrons. The number of benzene rings is 1. The van der Waals surface area contributed by atoms with Gasteiger partial charge in [0.1, 0.15) is 0 Å². The summed E-state index contributed by atoms with van der Waals surface area (Å²) in [6, 6.07) is 4.67. The summed E-state index contributed by atoms with van der Waals surface area (Å²) >= 11 is 1.48. The molecule has 1 rings (SSSR count). The van der Waals surface area contributed by atoms with E-state index in [0.717, 1.165) is 0 Å². The van der Waals surface area contributed by atoms with E-state index in [9.17, 15) is 5.11 Å². The van der Waals surface area contributed by atoms with E-state index >= 15 is 0 Å². The molecule has 0 aliphatic rings. The van der Waals surface area contributed by atoms with E-state index in [1.807, 2.05) is 13.8 Å². The summed E-state index contributed by atoms with van der Waals surface area (Å²) < 4.78 is 5.83. The lowest BCUT2D eigenvalue weighted by atomic mass is 9.89. The minimum absolute atomic E-state index is 0.464. The molecule has 0 bridgehead atoms. The van der Waals surface area contributed by atoms with E-state index in [2.05, 4.69) is 53.7 Å². The Balaban J connectivity index is 3.07. The van der Waals surface area contributed by atoms with Crippen LogP contribution in [0.1, 0.15) is 96.3 Å². The van der Waals surface area contributed by atoms with Crippen LogP contribution >= 0.6 is 12.0 Å². The third-order valence-electron chi connectivity index (χ3n) is 4.02. The van der Waals surface area contributed by atoms with Gasteiger partial charge in [-0.3, -0.25) is 0 Å². The minimum atomic E-state index is -0.677. The van der Waals surface area contributed by atoms with Gasteiger partial charge in [-0.1, -0.05) is 53.7 Å². The first-order valence-electron chi connectivity index (χ1n) is 8.72. The highest BCUT2D eigenvalue weighted by Crippen LogP contribution is 2.38. The molecule has 132 valence electrons. The van der Waals surface area contributed by atoms with Crippen LogP contribution in [0.2, 0.25) is 0 Å².